The molecule has 0 aliphatic heterocycles. The molecular formula is C13H15Cl2N5. The normalized spacial score (nSPS) is 12.1. The van der Waals surface area contributed by atoms with Gasteiger partial charge in [-0.25, -0.2) is 15.8 Å². The van der Waals surface area contributed by atoms with Crippen molar-refractivity contribution >= 4 is 34.8 Å². The Morgan fingerprint density at radius 1 is 1.15 bits per heavy atom. The number of nitrogen functional groups attached to an aromatic ring is 1. The zero-order valence-corrected chi connectivity index (χ0v) is 12.6. The number of aryl methyl sites for hydroxylation is 1. The Bertz CT molecular complexity index is 618. The maximum Gasteiger partial charge on any atom is 0.145 e. The average Bonchev–Trinajstić information content (AvgIpc) is 2.37. The van der Waals surface area contributed by atoms with E-state index in [2.05, 4.69) is 20.7 Å². The highest BCUT2D eigenvalue weighted by molar-refractivity contribution is 6.35. The largest absolute Gasteiger partial charge is 0.363 e. The van der Waals surface area contributed by atoms with Crippen molar-refractivity contribution in [3.63, 3.8) is 0 Å². The number of halogens is 2. The van der Waals surface area contributed by atoms with Crippen molar-refractivity contribution < 1.29 is 0 Å². The van der Waals surface area contributed by atoms with Crippen LogP contribution in [-0.2, 0) is 0 Å². The van der Waals surface area contributed by atoms with Crippen molar-refractivity contribution in [1.82, 2.24) is 9.97 Å². The van der Waals surface area contributed by atoms with E-state index in [-0.39, 0.29) is 6.04 Å². The summed E-state index contributed by atoms with van der Waals surface area (Å²) in [7, 11) is 0. The lowest BCUT2D eigenvalue weighted by molar-refractivity contribution is 0.867. The van der Waals surface area contributed by atoms with Crippen LogP contribution in [0.15, 0.2) is 24.3 Å². The lowest BCUT2D eigenvalue weighted by atomic mass is 10.1. The Morgan fingerprint density at radius 2 is 1.85 bits per heavy atom. The van der Waals surface area contributed by atoms with Crippen LogP contribution in [0.5, 0.6) is 0 Å². The number of benzene rings is 1. The molecule has 7 heteroatoms. The van der Waals surface area contributed by atoms with Gasteiger partial charge >= 0.3 is 0 Å². The highest BCUT2D eigenvalue weighted by Crippen LogP contribution is 2.28. The van der Waals surface area contributed by atoms with Crippen molar-refractivity contribution in [2.75, 3.05) is 10.7 Å². The monoisotopic (exact) mass is 311 g/mol. The van der Waals surface area contributed by atoms with Gasteiger partial charge in [0, 0.05) is 16.1 Å². The van der Waals surface area contributed by atoms with Crippen LogP contribution in [0.4, 0.5) is 11.6 Å². The number of hydrogen-bond acceptors (Lipinski definition) is 5. The minimum absolute atomic E-state index is 0.0281. The van der Waals surface area contributed by atoms with Crippen LogP contribution in [0.25, 0.3) is 0 Å². The third-order valence-corrected chi connectivity index (χ3v) is 3.34. The van der Waals surface area contributed by atoms with Crippen molar-refractivity contribution in [3.05, 3.63) is 45.7 Å². The quantitative estimate of drug-likeness (QED) is 0.594. The van der Waals surface area contributed by atoms with Gasteiger partial charge in [0.25, 0.3) is 0 Å². The molecule has 1 atom stereocenters. The van der Waals surface area contributed by atoms with E-state index in [1.54, 1.807) is 25.1 Å². The summed E-state index contributed by atoms with van der Waals surface area (Å²) >= 11 is 12.1. The van der Waals surface area contributed by atoms with E-state index in [0.29, 0.717) is 27.5 Å². The molecule has 0 aliphatic carbocycles. The average molecular weight is 312 g/mol. The minimum Gasteiger partial charge on any atom is -0.363 e. The summed E-state index contributed by atoms with van der Waals surface area (Å²) in [5, 5.41) is 4.48. The van der Waals surface area contributed by atoms with Gasteiger partial charge in [0.15, 0.2) is 0 Å². The molecule has 5 nitrogen and oxygen atoms in total. The SMILES string of the molecule is Cc1nc(NN)cc(NC(C)c2ccc(Cl)cc2Cl)n1. The van der Waals surface area contributed by atoms with Crippen molar-refractivity contribution in [1.29, 1.82) is 0 Å². The Balaban J connectivity index is 2.22. The molecule has 1 heterocycles. The van der Waals surface area contributed by atoms with E-state index in [1.807, 2.05) is 13.0 Å². The first-order valence-corrected chi connectivity index (χ1v) is 6.79. The first-order chi connectivity index (χ1) is 9.49. The molecule has 0 bridgehead atoms. The fourth-order valence-electron chi connectivity index (χ4n) is 1.87. The summed E-state index contributed by atoms with van der Waals surface area (Å²) in [6.45, 7) is 3.79. The topological polar surface area (TPSA) is 75.9 Å². The highest BCUT2D eigenvalue weighted by atomic mass is 35.5. The van der Waals surface area contributed by atoms with E-state index in [4.69, 9.17) is 29.0 Å². The smallest absolute Gasteiger partial charge is 0.145 e. The molecule has 0 fully saturated rings. The van der Waals surface area contributed by atoms with Crippen molar-refractivity contribution in [2.45, 2.75) is 19.9 Å². The highest BCUT2D eigenvalue weighted by Gasteiger charge is 2.11. The van der Waals surface area contributed by atoms with Gasteiger partial charge in [0.05, 0.1) is 6.04 Å². The van der Waals surface area contributed by atoms with E-state index in [0.717, 1.165) is 5.56 Å². The number of hydrazine groups is 1. The molecule has 2 aromatic rings. The molecule has 0 saturated heterocycles. The Labute approximate surface area is 127 Å². The minimum atomic E-state index is -0.0281. The van der Waals surface area contributed by atoms with Crippen LogP contribution < -0.4 is 16.6 Å². The van der Waals surface area contributed by atoms with E-state index < -0.39 is 0 Å². The van der Waals surface area contributed by atoms with E-state index in [9.17, 15) is 0 Å². The summed E-state index contributed by atoms with van der Waals surface area (Å²) in [4.78, 5) is 8.44. The number of hydrogen-bond donors (Lipinski definition) is 3. The number of nitrogens with two attached hydrogens (primary N) is 1. The molecule has 4 N–H and O–H groups in total. The number of rotatable bonds is 4. The molecule has 1 aromatic carbocycles. The second-order valence-corrected chi connectivity index (χ2v) is 5.21. The molecular weight excluding hydrogens is 297 g/mol. The molecule has 0 radical (unpaired) electrons. The number of nitrogens with one attached hydrogen (secondary N) is 2. The molecule has 0 amide bonds. The second kappa shape index (κ2) is 6.26. The van der Waals surface area contributed by atoms with Gasteiger partial charge in [0.2, 0.25) is 0 Å². The Kier molecular flexibility index (Phi) is 4.65. The van der Waals surface area contributed by atoms with E-state index in [1.165, 1.54) is 0 Å². The van der Waals surface area contributed by atoms with Gasteiger partial charge in [-0.15, -0.1) is 0 Å². The van der Waals surface area contributed by atoms with Crippen LogP contribution in [-0.4, -0.2) is 9.97 Å². The fourth-order valence-corrected chi connectivity index (χ4v) is 2.44. The zero-order chi connectivity index (χ0) is 14.7. The van der Waals surface area contributed by atoms with Crippen molar-refractivity contribution in [3.8, 4) is 0 Å². The Morgan fingerprint density at radius 3 is 2.50 bits per heavy atom. The van der Waals surface area contributed by atoms with Crippen LogP contribution in [0.1, 0.15) is 24.4 Å². The Hall–Kier alpha value is -1.56. The van der Waals surface area contributed by atoms with Crippen LogP contribution in [0.3, 0.4) is 0 Å². The zero-order valence-electron chi connectivity index (χ0n) is 11.1. The molecule has 2 rings (SSSR count). The molecule has 1 unspecified atom stereocenters. The number of aromatic nitrogens is 2. The summed E-state index contributed by atoms with van der Waals surface area (Å²) in [5.41, 5.74) is 3.44. The second-order valence-electron chi connectivity index (χ2n) is 4.36. The van der Waals surface area contributed by atoms with E-state index >= 15 is 0 Å². The summed E-state index contributed by atoms with van der Waals surface area (Å²) in [6, 6.07) is 7.11. The molecule has 20 heavy (non-hydrogen) atoms. The van der Waals surface area contributed by atoms with Crippen LogP contribution >= 0.6 is 23.2 Å². The summed E-state index contributed by atoms with van der Waals surface area (Å²) < 4.78 is 0. The van der Waals surface area contributed by atoms with Crippen LogP contribution in [0, 0.1) is 6.92 Å². The fraction of sp³-hybridized carbons (Fsp3) is 0.231. The predicted octanol–water partition coefficient (Wildman–Crippen LogP) is 3.55. The van der Waals surface area contributed by atoms with Gasteiger partial charge < -0.3 is 10.7 Å². The van der Waals surface area contributed by atoms with Gasteiger partial charge in [-0.1, -0.05) is 29.3 Å². The molecule has 1 aromatic heterocycles. The molecule has 0 aliphatic rings. The van der Waals surface area contributed by atoms with Crippen LogP contribution in [0.2, 0.25) is 10.0 Å². The first-order valence-electron chi connectivity index (χ1n) is 6.03. The lowest BCUT2D eigenvalue weighted by Crippen LogP contribution is -2.13. The predicted molar refractivity (Wildman–Crippen MR) is 83.1 cm³/mol. The van der Waals surface area contributed by atoms with Gasteiger partial charge in [-0.2, -0.15) is 0 Å². The molecule has 0 saturated carbocycles. The molecule has 106 valence electrons. The van der Waals surface area contributed by atoms with Gasteiger partial charge in [-0.3, -0.25) is 0 Å². The third-order valence-electron chi connectivity index (χ3n) is 2.78. The lowest BCUT2D eigenvalue weighted by Gasteiger charge is -2.17. The third kappa shape index (κ3) is 3.50. The molecule has 0 spiro atoms. The summed E-state index contributed by atoms with van der Waals surface area (Å²) in [5.74, 6) is 7.21. The maximum absolute atomic E-state index is 6.19. The summed E-state index contributed by atoms with van der Waals surface area (Å²) in [6.07, 6.45) is 0. The van der Waals surface area contributed by atoms with Gasteiger partial charge in [-0.05, 0) is 31.5 Å². The van der Waals surface area contributed by atoms with Crippen molar-refractivity contribution in [2.24, 2.45) is 5.84 Å². The van der Waals surface area contributed by atoms with Gasteiger partial charge in [0.1, 0.15) is 17.5 Å². The standard InChI is InChI=1S/C13H15Cl2N5/c1-7(10-4-3-9(14)5-11(10)15)17-12-6-13(20-16)19-8(2)18-12/h3-7H,16H2,1-2H3,(H2,17,18,19,20). The number of nitrogens with zero attached hydrogens (tertiary/aromatic N) is 2. The maximum atomic E-state index is 6.19. The number of anilines is 2. The first kappa shape index (κ1) is 14.8.